The molecule has 0 atom stereocenters. The minimum Gasteiger partial charge on any atom is -0.317 e. The average Bonchev–Trinajstić information content (AvgIpc) is 3.03. The van der Waals surface area contributed by atoms with Gasteiger partial charge in [0.25, 0.3) is 0 Å². The predicted molar refractivity (Wildman–Crippen MR) is 81.2 cm³/mol. The Morgan fingerprint density at radius 2 is 2.20 bits per heavy atom. The number of nitrogens with two attached hydrogens (primary N) is 1. The molecule has 0 aliphatic heterocycles. The van der Waals surface area contributed by atoms with Gasteiger partial charge in [-0.3, -0.25) is 4.79 Å². The minimum absolute atomic E-state index is 0.142. The maximum absolute atomic E-state index is 11.8. The Bertz CT molecular complexity index is 651. The maximum Gasteiger partial charge on any atom is 0.246 e. The molecule has 0 spiro atoms. The number of thiazole rings is 1. The SMILES string of the molecule is NC1(C(=O)Nc2ncc(Cc3ccccc3Cl)s2)CC1. The summed E-state index contributed by atoms with van der Waals surface area (Å²) in [6.45, 7) is 0. The Labute approximate surface area is 126 Å². The van der Waals surface area contributed by atoms with E-state index >= 15 is 0 Å². The van der Waals surface area contributed by atoms with Crippen molar-refractivity contribution in [2.45, 2.75) is 24.8 Å². The molecular weight excluding hydrogens is 294 g/mol. The molecule has 4 nitrogen and oxygen atoms in total. The van der Waals surface area contributed by atoms with Gasteiger partial charge in [0, 0.05) is 22.5 Å². The van der Waals surface area contributed by atoms with E-state index in [2.05, 4.69) is 10.3 Å². The van der Waals surface area contributed by atoms with Gasteiger partial charge in [-0.15, -0.1) is 11.3 Å². The van der Waals surface area contributed by atoms with Crippen LogP contribution in [0.1, 0.15) is 23.3 Å². The molecule has 0 saturated heterocycles. The first-order valence-electron chi connectivity index (χ1n) is 6.35. The number of hydrogen-bond acceptors (Lipinski definition) is 4. The summed E-state index contributed by atoms with van der Waals surface area (Å²) in [5, 5.41) is 4.11. The number of anilines is 1. The molecule has 1 aliphatic rings. The van der Waals surface area contributed by atoms with Crippen LogP contribution in [0.4, 0.5) is 5.13 Å². The standard InChI is InChI=1S/C14H14ClN3OS/c15-11-4-2-1-3-9(11)7-10-8-17-13(20-10)18-12(19)14(16)5-6-14/h1-4,8H,5-7,16H2,(H,17,18,19). The van der Waals surface area contributed by atoms with E-state index in [0.29, 0.717) is 11.6 Å². The number of halogens is 1. The third-order valence-corrected chi connectivity index (χ3v) is 4.62. The lowest BCUT2D eigenvalue weighted by atomic mass is 10.1. The Morgan fingerprint density at radius 1 is 1.45 bits per heavy atom. The van der Waals surface area contributed by atoms with Crippen LogP contribution < -0.4 is 11.1 Å². The van der Waals surface area contributed by atoms with Gasteiger partial charge in [0.05, 0.1) is 5.54 Å². The Balaban J connectivity index is 1.68. The van der Waals surface area contributed by atoms with E-state index in [1.807, 2.05) is 24.3 Å². The van der Waals surface area contributed by atoms with Crippen LogP contribution in [0, 0.1) is 0 Å². The van der Waals surface area contributed by atoms with Crippen molar-refractivity contribution in [3.63, 3.8) is 0 Å². The first kappa shape index (κ1) is 13.5. The highest BCUT2D eigenvalue weighted by molar-refractivity contribution is 7.15. The smallest absolute Gasteiger partial charge is 0.246 e. The van der Waals surface area contributed by atoms with E-state index in [4.69, 9.17) is 17.3 Å². The van der Waals surface area contributed by atoms with Crippen LogP contribution in [0.25, 0.3) is 0 Å². The first-order valence-corrected chi connectivity index (χ1v) is 7.55. The normalized spacial score (nSPS) is 15.9. The van der Waals surface area contributed by atoms with E-state index in [1.54, 1.807) is 6.20 Å². The van der Waals surface area contributed by atoms with Gasteiger partial charge in [-0.05, 0) is 24.5 Å². The van der Waals surface area contributed by atoms with E-state index in [0.717, 1.165) is 28.3 Å². The zero-order chi connectivity index (χ0) is 14.2. The highest BCUT2D eigenvalue weighted by atomic mass is 35.5. The maximum atomic E-state index is 11.8. The molecule has 20 heavy (non-hydrogen) atoms. The molecule has 6 heteroatoms. The summed E-state index contributed by atoms with van der Waals surface area (Å²) < 4.78 is 0. The summed E-state index contributed by atoms with van der Waals surface area (Å²) in [6.07, 6.45) is 3.97. The molecule has 0 bridgehead atoms. The second-order valence-corrected chi connectivity index (χ2v) is 6.53. The fourth-order valence-corrected chi connectivity index (χ4v) is 2.89. The third kappa shape index (κ3) is 2.85. The van der Waals surface area contributed by atoms with Gasteiger partial charge in [-0.2, -0.15) is 0 Å². The molecule has 2 aromatic rings. The van der Waals surface area contributed by atoms with Crippen molar-refractivity contribution in [2.75, 3.05) is 5.32 Å². The highest BCUT2D eigenvalue weighted by Gasteiger charge is 2.46. The van der Waals surface area contributed by atoms with Gasteiger partial charge in [0.1, 0.15) is 0 Å². The first-order chi connectivity index (χ1) is 9.57. The number of carbonyl (C=O) groups is 1. The van der Waals surface area contributed by atoms with E-state index in [9.17, 15) is 4.79 Å². The highest BCUT2D eigenvalue weighted by Crippen LogP contribution is 2.34. The largest absolute Gasteiger partial charge is 0.317 e. The lowest BCUT2D eigenvalue weighted by Crippen LogP contribution is -2.37. The summed E-state index contributed by atoms with van der Waals surface area (Å²) in [6, 6.07) is 7.71. The quantitative estimate of drug-likeness (QED) is 0.912. The number of hydrogen-bond donors (Lipinski definition) is 2. The molecule has 0 radical (unpaired) electrons. The lowest BCUT2D eigenvalue weighted by Gasteiger charge is -2.06. The van der Waals surface area contributed by atoms with E-state index < -0.39 is 5.54 Å². The summed E-state index contributed by atoms with van der Waals surface area (Å²) in [7, 11) is 0. The second-order valence-electron chi connectivity index (χ2n) is 5.01. The minimum atomic E-state index is -0.672. The van der Waals surface area contributed by atoms with Gasteiger partial charge in [0.2, 0.25) is 5.91 Å². The van der Waals surface area contributed by atoms with E-state index in [1.165, 1.54) is 11.3 Å². The third-order valence-electron chi connectivity index (χ3n) is 3.34. The van der Waals surface area contributed by atoms with Crippen molar-refractivity contribution in [2.24, 2.45) is 5.73 Å². The van der Waals surface area contributed by atoms with Crippen LogP contribution in [0.2, 0.25) is 5.02 Å². The zero-order valence-corrected chi connectivity index (χ0v) is 12.3. The van der Waals surface area contributed by atoms with Gasteiger partial charge in [-0.25, -0.2) is 4.98 Å². The number of nitrogens with zero attached hydrogens (tertiary/aromatic N) is 1. The molecule has 1 aromatic carbocycles. The molecular formula is C14H14ClN3OS. The average molecular weight is 308 g/mol. The summed E-state index contributed by atoms with van der Waals surface area (Å²) >= 11 is 7.58. The number of carbonyl (C=O) groups excluding carboxylic acids is 1. The van der Waals surface area contributed by atoms with Crippen LogP contribution in [0.15, 0.2) is 30.5 Å². The van der Waals surface area contributed by atoms with Gasteiger partial charge in [0.15, 0.2) is 5.13 Å². The molecule has 1 aromatic heterocycles. The van der Waals surface area contributed by atoms with Crippen molar-refractivity contribution >= 4 is 34.0 Å². The molecule has 1 saturated carbocycles. The van der Waals surface area contributed by atoms with Crippen molar-refractivity contribution in [1.29, 1.82) is 0 Å². The Hall–Kier alpha value is -1.43. The zero-order valence-electron chi connectivity index (χ0n) is 10.7. The second kappa shape index (κ2) is 5.16. The van der Waals surface area contributed by atoms with Gasteiger partial charge < -0.3 is 11.1 Å². The summed E-state index contributed by atoms with van der Waals surface area (Å²) in [5.41, 5.74) is 6.21. The number of aromatic nitrogens is 1. The predicted octanol–water partition coefficient (Wildman–Crippen LogP) is 2.82. The van der Waals surface area contributed by atoms with Crippen molar-refractivity contribution in [1.82, 2.24) is 4.98 Å². The molecule has 1 fully saturated rings. The topological polar surface area (TPSA) is 68.0 Å². The van der Waals surface area contributed by atoms with Gasteiger partial charge >= 0.3 is 0 Å². The fourth-order valence-electron chi connectivity index (χ4n) is 1.86. The Kier molecular flexibility index (Phi) is 3.50. The molecule has 104 valence electrons. The van der Waals surface area contributed by atoms with Crippen LogP contribution in [-0.2, 0) is 11.2 Å². The number of benzene rings is 1. The monoisotopic (exact) mass is 307 g/mol. The number of amides is 1. The van der Waals surface area contributed by atoms with Crippen LogP contribution in [-0.4, -0.2) is 16.4 Å². The van der Waals surface area contributed by atoms with Crippen LogP contribution in [0.3, 0.4) is 0 Å². The molecule has 3 N–H and O–H groups in total. The fraction of sp³-hybridized carbons (Fsp3) is 0.286. The van der Waals surface area contributed by atoms with Crippen LogP contribution in [0.5, 0.6) is 0 Å². The van der Waals surface area contributed by atoms with Crippen molar-refractivity contribution < 1.29 is 4.79 Å². The summed E-state index contributed by atoms with van der Waals surface area (Å²) in [4.78, 5) is 17.1. The Morgan fingerprint density at radius 3 is 2.90 bits per heavy atom. The number of nitrogens with one attached hydrogen (secondary N) is 1. The molecule has 0 unspecified atom stereocenters. The van der Waals surface area contributed by atoms with E-state index in [-0.39, 0.29) is 5.91 Å². The molecule has 1 amide bonds. The number of rotatable bonds is 4. The summed E-state index contributed by atoms with van der Waals surface area (Å²) in [5.74, 6) is -0.142. The lowest BCUT2D eigenvalue weighted by molar-refractivity contribution is -0.118. The molecule has 1 aliphatic carbocycles. The van der Waals surface area contributed by atoms with Crippen molar-refractivity contribution in [3.8, 4) is 0 Å². The van der Waals surface area contributed by atoms with Crippen LogP contribution >= 0.6 is 22.9 Å². The van der Waals surface area contributed by atoms with Crippen molar-refractivity contribution in [3.05, 3.63) is 45.9 Å². The van der Waals surface area contributed by atoms with Gasteiger partial charge in [-0.1, -0.05) is 29.8 Å². The molecule has 3 rings (SSSR count). The molecule has 1 heterocycles.